The SMILES string of the molecule is [B]1B2B3[B-]P123NP12(c3cccc(N4c5ccccc5B5c6ccccc6-c6cccc4c65)c3)B3[B-]B1B32. The zero-order valence-corrected chi connectivity index (χ0v) is 22.0. The monoisotopic (exact) mass is 493 g/mol. The van der Waals surface area contributed by atoms with Crippen LogP contribution in [0.2, 0.25) is 0 Å². The van der Waals surface area contributed by atoms with Crippen LogP contribution in [0.1, 0.15) is 0 Å². The number of nitrogens with zero attached hydrogens (tertiary/aromatic N) is 1. The van der Waals surface area contributed by atoms with Crippen LogP contribution >= 0.6 is 12.7 Å². The zero-order valence-electron chi connectivity index (χ0n) is 20.2. The Hall–Kier alpha value is -1.92. The van der Waals surface area contributed by atoms with E-state index in [0.29, 0.717) is 6.71 Å². The number of nitrogens with one attached hydrogen (secondary N) is 1. The van der Waals surface area contributed by atoms with E-state index in [0.717, 1.165) is 31.1 Å². The summed E-state index contributed by atoms with van der Waals surface area (Å²) < 4.78 is 0. The molecule has 37 heavy (non-hydrogen) atoms. The van der Waals surface area contributed by atoms with Crippen molar-refractivity contribution in [3.05, 3.63) is 91.0 Å². The number of fused-ring (bicyclic) bond motifs is 6. The van der Waals surface area contributed by atoms with Gasteiger partial charge in [0.15, 0.2) is 0 Å². The maximum atomic E-state index is 4.62. The van der Waals surface area contributed by atoms with Gasteiger partial charge in [-0.25, -0.2) is 0 Å². The Balaban J connectivity index is 1.08. The fraction of sp³-hybridized carbons (Fsp3) is 0. The summed E-state index contributed by atoms with van der Waals surface area (Å²) in [5.41, 5.74) is 11.2. The predicted octanol–water partition coefficient (Wildman–Crippen LogP) is 1.32. The summed E-state index contributed by atoms with van der Waals surface area (Å²) in [5, 5.41) is 1.68. The van der Waals surface area contributed by atoms with Gasteiger partial charge in [-0.15, -0.1) is 0 Å². The third-order valence-electron chi connectivity index (χ3n) is 12.0. The van der Waals surface area contributed by atoms with Crippen molar-refractivity contribution in [2.24, 2.45) is 0 Å². The van der Waals surface area contributed by atoms with Crippen LogP contribution in [-0.2, 0) is 0 Å². The topological polar surface area (TPSA) is 15.3 Å². The van der Waals surface area contributed by atoms with Crippen LogP contribution in [0.5, 0.6) is 0 Å². The molecule has 0 aliphatic carbocycles. The van der Waals surface area contributed by atoms with Crippen molar-refractivity contribution in [3.8, 4) is 11.1 Å². The van der Waals surface area contributed by atoms with Gasteiger partial charge in [0.05, 0.1) is 0 Å². The Morgan fingerprint density at radius 2 is 1.49 bits per heavy atom. The molecule has 2 bridgehead atoms. The fourth-order valence-corrected chi connectivity index (χ4v) is 29.0. The second-order valence-electron chi connectivity index (χ2n) is 13.0. The first-order chi connectivity index (χ1) is 18.2. The van der Waals surface area contributed by atoms with Gasteiger partial charge in [0.25, 0.3) is 0 Å². The Bertz CT molecular complexity index is 1850. The molecule has 0 unspecified atom stereocenters. The normalized spacial score (nSPS) is 27.3. The Labute approximate surface area is 221 Å². The molecule has 1 N–H and O–H groups in total. The van der Waals surface area contributed by atoms with Gasteiger partial charge in [-0.1, -0.05) is 0 Å². The van der Waals surface area contributed by atoms with Gasteiger partial charge in [0, 0.05) is 0 Å². The average Bonchev–Trinajstić information content (AvgIpc) is 3.87. The molecule has 13 heteroatoms. The first-order valence-electron chi connectivity index (χ1n) is 13.8. The van der Waals surface area contributed by atoms with Crippen molar-refractivity contribution in [2.45, 2.75) is 0 Å². The van der Waals surface area contributed by atoms with Gasteiger partial charge in [-0.05, 0) is 0 Å². The molecule has 4 aromatic rings. The molecular formula is C24H16B9N2P2-2. The van der Waals surface area contributed by atoms with Gasteiger partial charge < -0.3 is 0 Å². The molecule has 0 saturated carbocycles. The molecule has 0 aromatic heterocycles. The number of anilines is 3. The summed E-state index contributed by atoms with van der Waals surface area (Å²) in [6, 6.07) is 34.9. The van der Waals surface area contributed by atoms with Gasteiger partial charge in [0.1, 0.15) is 0 Å². The molecule has 9 aliphatic heterocycles. The predicted molar refractivity (Wildman–Crippen MR) is 174 cm³/mol. The fourth-order valence-electron chi connectivity index (χ4n) is 9.81. The second-order valence-corrected chi connectivity index (χ2v) is 23.3. The molecule has 7 fully saturated rings. The molecule has 4 aromatic carbocycles. The van der Waals surface area contributed by atoms with Crippen LogP contribution in [0.15, 0.2) is 91.0 Å². The number of hydrogen-bond donors (Lipinski definition) is 1. The summed E-state index contributed by atoms with van der Waals surface area (Å²) in [4.78, 5) is 7.19. The van der Waals surface area contributed by atoms with Gasteiger partial charge in [-0.3, -0.25) is 0 Å². The number of benzene rings is 4. The molecule has 0 amide bonds. The second kappa shape index (κ2) is 5.15. The van der Waals surface area contributed by atoms with E-state index in [-0.39, 0.29) is 0 Å². The van der Waals surface area contributed by atoms with Crippen LogP contribution in [0.25, 0.3) is 11.1 Å². The molecule has 9 aliphatic rings. The number of para-hydroxylation sites is 1. The molecule has 5 radical (unpaired) electrons. The van der Waals surface area contributed by atoms with Crippen LogP contribution in [0, 0.1) is 0 Å². The third-order valence-corrected chi connectivity index (χ3v) is 26.4. The summed E-state index contributed by atoms with van der Waals surface area (Å²) in [6.07, 6.45) is 1.29. The Kier molecular flexibility index (Phi) is 2.67. The minimum atomic E-state index is -1.91. The van der Waals surface area contributed by atoms with Crippen molar-refractivity contribution < 1.29 is 0 Å². The summed E-state index contributed by atoms with van der Waals surface area (Å²) in [5.74, 6) is 0. The summed E-state index contributed by atoms with van der Waals surface area (Å²) in [6.45, 7) is 5.79. The molecule has 9 heterocycles. The Morgan fingerprint density at radius 3 is 2.24 bits per heavy atom. The van der Waals surface area contributed by atoms with Gasteiger partial charge >= 0.3 is 222 Å². The van der Waals surface area contributed by atoms with E-state index in [1.54, 1.807) is 5.30 Å². The van der Waals surface area contributed by atoms with Crippen LogP contribution in [0.3, 0.4) is 0 Å². The average molecular weight is 492 g/mol. The van der Waals surface area contributed by atoms with E-state index < -0.39 is 12.7 Å². The van der Waals surface area contributed by atoms with Crippen LogP contribution in [0.4, 0.5) is 17.1 Å². The van der Waals surface area contributed by atoms with E-state index in [1.165, 1.54) is 44.6 Å². The van der Waals surface area contributed by atoms with Gasteiger partial charge in [-0.2, -0.15) is 0 Å². The van der Waals surface area contributed by atoms with Crippen molar-refractivity contribution in [1.29, 1.82) is 0 Å². The van der Waals surface area contributed by atoms with E-state index >= 15 is 0 Å². The van der Waals surface area contributed by atoms with E-state index in [9.17, 15) is 0 Å². The maximum absolute atomic E-state index is 4.62. The number of rotatable bonds is 4. The molecule has 161 valence electrons. The van der Waals surface area contributed by atoms with E-state index in [4.69, 9.17) is 0 Å². The molecular weight excluding hydrogens is 476 g/mol. The summed E-state index contributed by atoms with van der Waals surface area (Å²) >= 11 is 0. The van der Waals surface area contributed by atoms with Crippen molar-refractivity contribution in [1.82, 2.24) is 4.86 Å². The van der Waals surface area contributed by atoms with Crippen molar-refractivity contribution in [3.63, 3.8) is 0 Å². The number of hydrogen-bond acceptors (Lipinski definition) is 2. The third kappa shape index (κ3) is 1.64. The standard InChI is InChI=1S/C24H16B9N2P2/c1-2-11-20-18(9-1)19-10-6-14-23-24(19)28(20)21-12-3-4-13-22(21)35(23)16-7-5-8-17(15-16)36(29-25-30(36)33(29)36)34-37-26-31(37)32(37)27-37/h1-15,34H/q-2. The molecule has 2 nitrogen and oxygen atoms in total. The summed E-state index contributed by atoms with van der Waals surface area (Å²) in [7, 11) is 2.68. The molecule has 7 saturated heterocycles. The van der Waals surface area contributed by atoms with Crippen LogP contribution < -0.4 is 31.5 Å². The first kappa shape index (κ1) is 19.2. The molecule has 1 spiro atoms. The van der Waals surface area contributed by atoms with E-state index in [1.807, 2.05) is 0 Å². The van der Waals surface area contributed by atoms with Gasteiger partial charge in [0.2, 0.25) is 0 Å². The minimum absolute atomic E-state index is 0.320. The van der Waals surface area contributed by atoms with E-state index in [2.05, 4.69) is 122 Å². The Morgan fingerprint density at radius 1 is 0.757 bits per heavy atom. The van der Waals surface area contributed by atoms with Crippen LogP contribution in [-0.4, -0.2) is 58.6 Å². The van der Waals surface area contributed by atoms with Crippen molar-refractivity contribution >= 4 is 110 Å². The molecule has 0 atom stereocenters. The molecule has 13 rings (SSSR count). The zero-order chi connectivity index (χ0) is 23.6. The quantitative estimate of drug-likeness (QED) is 0.296. The first-order valence-corrected chi connectivity index (χ1v) is 18.8. The van der Waals surface area contributed by atoms with Crippen molar-refractivity contribution in [2.75, 3.05) is 4.90 Å².